The van der Waals surface area contributed by atoms with E-state index < -0.39 is 48.3 Å². The first-order chi connectivity index (χ1) is 19.9. The van der Waals surface area contributed by atoms with Crippen LogP contribution in [0.4, 0.5) is 26.3 Å². The van der Waals surface area contributed by atoms with Gasteiger partial charge in [0, 0.05) is 5.92 Å². The molecule has 1 aliphatic heterocycles. The Kier molecular flexibility index (Phi) is 8.66. The molecule has 0 amide bonds. The molecule has 0 unspecified atom stereocenters. The van der Waals surface area contributed by atoms with Crippen LogP contribution in [0.5, 0.6) is 0 Å². The van der Waals surface area contributed by atoms with Gasteiger partial charge in [0.25, 0.3) is 0 Å². The van der Waals surface area contributed by atoms with Crippen molar-refractivity contribution in [3.8, 4) is 0 Å². The third kappa shape index (κ3) is 6.65. The van der Waals surface area contributed by atoms with Crippen molar-refractivity contribution in [1.82, 2.24) is 5.32 Å². The molecule has 2 fully saturated rings. The molecule has 1 heterocycles. The molecule has 3 aromatic carbocycles. The Morgan fingerprint density at radius 2 is 1.52 bits per heavy atom. The second-order valence-electron chi connectivity index (χ2n) is 11.0. The van der Waals surface area contributed by atoms with Crippen LogP contribution in [0.15, 0.2) is 72.8 Å². The zero-order valence-corrected chi connectivity index (χ0v) is 22.8. The molecule has 0 bridgehead atoms. The zero-order chi connectivity index (χ0) is 30.1. The molecule has 1 N–H and O–H groups in total. The van der Waals surface area contributed by atoms with Crippen LogP contribution in [-0.2, 0) is 21.8 Å². The number of carbonyl (C=O) groups is 1. The lowest BCUT2D eigenvalue weighted by Crippen LogP contribution is -2.39. The molecular weight excluding hydrogens is 560 g/mol. The van der Waals surface area contributed by atoms with Crippen LogP contribution in [0.2, 0.25) is 0 Å². The van der Waals surface area contributed by atoms with Crippen molar-refractivity contribution in [1.29, 1.82) is 0 Å². The molecule has 1 saturated heterocycles. The maximum atomic E-state index is 13.8. The minimum Gasteiger partial charge on any atom is -0.459 e. The molecule has 2 aliphatic rings. The van der Waals surface area contributed by atoms with E-state index in [1.165, 1.54) is 12.1 Å². The van der Waals surface area contributed by atoms with Crippen LogP contribution in [0, 0.1) is 18.8 Å². The zero-order valence-electron chi connectivity index (χ0n) is 22.8. The van der Waals surface area contributed by atoms with Gasteiger partial charge in [0.05, 0.1) is 22.8 Å². The molecule has 3 aromatic rings. The van der Waals surface area contributed by atoms with Crippen LogP contribution in [0.1, 0.15) is 63.0 Å². The fourth-order valence-corrected chi connectivity index (χ4v) is 6.27. The lowest BCUT2D eigenvalue weighted by Gasteiger charge is -2.42. The summed E-state index contributed by atoms with van der Waals surface area (Å²) in [6, 6.07) is 17.1. The Morgan fingerprint density at radius 1 is 0.881 bits per heavy atom. The molecule has 10 heteroatoms. The van der Waals surface area contributed by atoms with Crippen molar-refractivity contribution in [2.45, 2.75) is 50.2 Å². The van der Waals surface area contributed by atoms with E-state index in [2.05, 4.69) is 5.32 Å². The minimum absolute atomic E-state index is 0.0854. The second-order valence-corrected chi connectivity index (χ2v) is 11.0. The summed E-state index contributed by atoms with van der Waals surface area (Å²) in [5.41, 5.74) is -1.00. The normalized spacial score (nSPS) is 23.3. The monoisotopic (exact) mass is 591 g/mol. The molecular formula is C32H31F6NO3. The van der Waals surface area contributed by atoms with Gasteiger partial charge in [0.2, 0.25) is 0 Å². The third-order valence-electron chi connectivity index (χ3n) is 8.32. The van der Waals surface area contributed by atoms with Crippen molar-refractivity contribution in [3.63, 3.8) is 0 Å². The van der Waals surface area contributed by atoms with Gasteiger partial charge in [-0.15, -0.1) is 0 Å². The van der Waals surface area contributed by atoms with Crippen molar-refractivity contribution in [3.05, 3.63) is 106 Å². The van der Waals surface area contributed by atoms with E-state index in [1.54, 1.807) is 18.2 Å². The minimum atomic E-state index is -5.03. The summed E-state index contributed by atoms with van der Waals surface area (Å²) in [4.78, 5) is 12.8. The number of ether oxygens (including phenoxy) is 2. The average Bonchev–Trinajstić information content (AvgIpc) is 3.44. The van der Waals surface area contributed by atoms with Crippen LogP contribution < -0.4 is 5.32 Å². The number of esters is 1. The molecule has 42 heavy (non-hydrogen) atoms. The quantitative estimate of drug-likeness (QED) is 0.226. The van der Waals surface area contributed by atoms with Gasteiger partial charge in [-0.25, -0.2) is 4.79 Å². The highest BCUT2D eigenvalue weighted by molar-refractivity contribution is 5.89. The summed E-state index contributed by atoms with van der Waals surface area (Å²) in [7, 11) is 0. The Labute approximate surface area is 240 Å². The Hall–Kier alpha value is -3.37. The van der Waals surface area contributed by atoms with E-state index >= 15 is 0 Å². The van der Waals surface area contributed by atoms with E-state index in [1.807, 2.05) is 31.2 Å². The molecule has 0 radical (unpaired) electrons. The summed E-state index contributed by atoms with van der Waals surface area (Å²) in [5, 5.41) is 3.42. The van der Waals surface area contributed by atoms with Crippen molar-refractivity contribution < 1.29 is 40.6 Å². The molecule has 5 rings (SSSR count). The van der Waals surface area contributed by atoms with Crippen LogP contribution >= 0.6 is 0 Å². The highest BCUT2D eigenvalue weighted by atomic mass is 19.4. The summed E-state index contributed by atoms with van der Waals surface area (Å²) < 4.78 is 94.5. The number of alkyl halides is 6. The maximum absolute atomic E-state index is 13.8. The number of hydrogen-bond donors (Lipinski definition) is 1. The fourth-order valence-electron chi connectivity index (χ4n) is 6.27. The standard InChI is InChI=1S/C32H31F6NO3/c1-19-7-5-6-10-25(19)29-26-17-39-16-21(26)11-12-27(29)42-28(18-41-30(40)20-8-3-2-4-9-20)22-13-23(31(33,34)35)15-24(14-22)32(36,37)38/h2-10,13-15,21,26-29,39H,11-12,16-18H2,1H3/t21-,26-,27+,28+,29+/m1/s1. The van der Waals surface area contributed by atoms with Gasteiger partial charge < -0.3 is 14.8 Å². The topological polar surface area (TPSA) is 47.6 Å². The first-order valence-corrected chi connectivity index (χ1v) is 13.8. The van der Waals surface area contributed by atoms with Crippen LogP contribution in [0.3, 0.4) is 0 Å². The smallest absolute Gasteiger partial charge is 0.416 e. The SMILES string of the molecule is Cc1ccccc1[C@H]1[C@@H]2CNC[C@H]2CC[C@@H]1O[C@@H](COC(=O)c1ccccc1)c1cc(C(F)(F)F)cc(C(F)(F)F)c1. The second kappa shape index (κ2) is 12.1. The predicted molar refractivity (Wildman–Crippen MR) is 144 cm³/mol. The molecule has 224 valence electrons. The van der Waals surface area contributed by atoms with Crippen molar-refractivity contribution in [2.75, 3.05) is 19.7 Å². The average molecular weight is 592 g/mol. The van der Waals surface area contributed by atoms with Gasteiger partial charge in [-0.1, -0.05) is 42.5 Å². The predicted octanol–water partition coefficient (Wildman–Crippen LogP) is 7.73. The molecule has 0 aromatic heterocycles. The highest BCUT2D eigenvalue weighted by Crippen LogP contribution is 2.47. The van der Waals surface area contributed by atoms with Gasteiger partial charge >= 0.3 is 18.3 Å². The number of hydrogen-bond acceptors (Lipinski definition) is 4. The van der Waals surface area contributed by atoms with E-state index in [4.69, 9.17) is 9.47 Å². The Morgan fingerprint density at radius 3 is 2.17 bits per heavy atom. The molecule has 4 nitrogen and oxygen atoms in total. The van der Waals surface area contributed by atoms with Gasteiger partial charge in [0.15, 0.2) is 0 Å². The molecule has 1 aliphatic carbocycles. The Bertz CT molecular complexity index is 1360. The molecule has 0 spiro atoms. The van der Waals surface area contributed by atoms with E-state index in [9.17, 15) is 31.1 Å². The summed E-state index contributed by atoms with van der Waals surface area (Å²) in [5.74, 6) is -0.370. The van der Waals surface area contributed by atoms with Crippen LogP contribution in [-0.4, -0.2) is 31.8 Å². The van der Waals surface area contributed by atoms with Gasteiger partial charge in [-0.2, -0.15) is 26.3 Å². The molecule has 1 saturated carbocycles. The lowest BCUT2D eigenvalue weighted by atomic mass is 9.68. The molecule has 5 atom stereocenters. The largest absolute Gasteiger partial charge is 0.459 e. The number of halogens is 6. The summed E-state index contributed by atoms with van der Waals surface area (Å²) in [6.07, 6.45) is -10.6. The van der Waals surface area contributed by atoms with E-state index in [-0.39, 0.29) is 29.0 Å². The van der Waals surface area contributed by atoms with E-state index in [0.29, 0.717) is 24.5 Å². The van der Waals surface area contributed by atoms with Gasteiger partial charge in [0.1, 0.15) is 12.7 Å². The van der Waals surface area contributed by atoms with Crippen molar-refractivity contribution >= 4 is 5.97 Å². The maximum Gasteiger partial charge on any atom is 0.416 e. The number of aryl methyl sites for hydroxylation is 1. The Balaban J connectivity index is 1.53. The van der Waals surface area contributed by atoms with Gasteiger partial charge in [-0.3, -0.25) is 0 Å². The highest BCUT2D eigenvalue weighted by Gasteiger charge is 2.45. The first kappa shape index (κ1) is 30.1. The first-order valence-electron chi connectivity index (χ1n) is 13.8. The van der Waals surface area contributed by atoms with E-state index in [0.717, 1.165) is 30.6 Å². The number of rotatable bonds is 7. The fraction of sp³-hybridized carbons (Fsp3) is 0.406. The van der Waals surface area contributed by atoms with Crippen LogP contribution in [0.25, 0.3) is 0 Å². The summed E-state index contributed by atoms with van der Waals surface area (Å²) >= 11 is 0. The third-order valence-corrected chi connectivity index (χ3v) is 8.32. The number of fused-ring (bicyclic) bond motifs is 1. The lowest BCUT2D eigenvalue weighted by molar-refractivity contribution is -0.143. The summed E-state index contributed by atoms with van der Waals surface area (Å²) in [6.45, 7) is 2.97. The van der Waals surface area contributed by atoms with Gasteiger partial charge in [-0.05, 0) is 91.7 Å². The number of nitrogens with one attached hydrogen (secondary N) is 1. The number of benzene rings is 3. The number of carbonyl (C=O) groups excluding carboxylic acids is 1. The van der Waals surface area contributed by atoms with Crippen molar-refractivity contribution in [2.24, 2.45) is 11.8 Å².